The molecule has 2 heterocycles. The van der Waals surface area contributed by atoms with E-state index >= 15 is 0 Å². The number of carbonyl (C=O) groups excluding carboxylic acids is 1. The van der Waals surface area contributed by atoms with E-state index in [1.807, 2.05) is 30.3 Å². The molecule has 4 aromatic rings. The summed E-state index contributed by atoms with van der Waals surface area (Å²) in [5, 5.41) is 7.46. The molecule has 0 radical (unpaired) electrons. The first-order valence-corrected chi connectivity index (χ1v) is 11.3. The highest BCUT2D eigenvalue weighted by atomic mass is 35.5. The number of aromatic nitrogens is 3. The van der Waals surface area contributed by atoms with Crippen LogP contribution in [0.5, 0.6) is 0 Å². The zero-order valence-corrected chi connectivity index (χ0v) is 20.2. The fourth-order valence-corrected chi connectivity index (χ4v) is 3.85. The van der Waals surface area contributed by atoms with Crippen molar-refractivity contribution in [2.75, 3.05) is 5.32 Å². The second-order valence-corrected chi connectivity index (χ2v) is 8.93. The van der Waals surface area contributed by atoms with E-state index < -0.39 is 0 Å². The summed E-state index contributed by atoms with van der Waals surface area (Å²) in [5.41, 5.74) is 3.83. The lowest BCUT2D eigenvalue weighted by atomic mass is 10.0. The highest BCUT2D eigenvalue weighted by molar-refractivity contribution is 6.30. The van der Waals surface area contributed by atoms with Gasteiger partial charge in [0.1, 0.15) is 12.1 Å². The Bertz CT molecular complexity index is 1390. The Kier molecular flexibility index (Phi) is 6.65. The Hall–Kier alpha value is -3.71. The van der Waals surface area contributed by atoms with Crippen LogP contribution in [0.2, 0.25) is 5.02 Å². The molecule has 1 amide bonds. The van der Waals surface area contributed by atoms with Crippen molar-refractivity contribution < 1.29 is 9.32 Å². The summed E-state index contributed by atoms with van der Waals surface area (Å²) in [6, 6.07) is 16.5. The number of halogens is 1. The zero-order valence-electron chi connectivity index (χ0n) is 19.4. The van der Waals surface area contributed by atoms with E-state index in [1.54, 1.807) is 38.1 Å². The van der Waals surface area contributed by atoms with Crippen molar-refractivity contribution in [2.45, 2.75) is 40.2 Å². The van der Waals surface area contributed by atoms with Gasteiger partial charge in [-0.25, -0.2) is 0 Å². The third-order valence-electron chi connectivity index (χ3n) is 5.61. The largest absolute Gasteiger partial charge is 0.333 e. The minimum atomic E-state index is -0.367. The minimum absolute atomic E-state index is 0.103. The lowest BCUT2D eigenvalue weighted by Crippen LogP contribution is -2.30. The number of hydrogen-bond acceptors (Lipinski definition) is 5. The molecule has 2 aromatic carbocycles. The van der Waals surface area contributed by atoms with Crippen molar-refractivity contribution in [3.8, 4) is 22.8 Å². The minimum Gasteiger partial charge on any atom is -0.333 e. The lowest BCUT2D eigenvalue weighted by Gasteiger charge is -2.13. The van der Waals surface area contributed by atoms with Crippen LogP contribution in [-0.2, 0) is 11.3 Å². The number of benzene rings is 2. The van der Waals surface area contributed by atoms with Crippen LogP contribution < -0.4 is 10.9 Å². The second kappa shape index (κ2) is 9.65. The standard InChI is InChI=1S/C26H25ClN4O3/c1-15(2)18-7-11-21(12-8-18)28-22(32)14-31-17(4)13-16(3)23(26(31)33)25-29-24(30-34-25)19-5-9-20(27)10-6-19/h5-13,15H,14H2,1-4H3,(H,28,32). The Morgan fingerprint density at radius 3 is 2.41 bits per heavy atom. The number of nitrogens with zero attached hydrogens (tertiary/aromatic N) is 3. The van der Waals surface area contributed by atoms with Gasteiger partial charge in [-0.1, -0.05) is 42.7 Å². The fraction of sp³-hybridized carbons (Fsp3) is 0.231. The van der Waals surface area contributed by atoms with E-state index in [4.69, 9.17) is 16.1 Å². The van der Waals surface area contributed by atoms with Crippen LogP contribution in [-0.4, -0.2) is 20.6 Å². The molecule has 174 valence electrons. The molecule has 7 nitrogen and oxygen atoms in total. The highest BCUT2D eigenvalue weighted by Gasteiger charge is 2.20. The van der Waals surface area contributed by atoms with E-state index in [0.29, 0.717) is 39.3 Å². The van der Waals surface area contributed by atoms with Crippen molar-refractivity contribution in [1.29, 1.82) is 0 Å². The van der Waals surface area contributed by atoms with Gasteiger partial charge in [0.25, 0.3) is 11.4 Å². The van der Waals surface area contributed by atoms with Gasteiger partial charge in [0, 0.05) is 22.0 Å². The van der Waals surface area contributed by atoms with Gasteiger partial charge < -0.3 is 14.4 Å². The van der Waals surface area contributed by atoms with Crippen molar-refractivity contribution in [1.82, 2.24) is 14.7 Å². The third kappa shape index (κ3) is 4.94. The summed E-state index contributed by atoms with van der Waals surface area (Å²) in [6.07, 6.45) is 0. The molecule has 0 spiro atoms. The van der Waals surface area contributed by atoms with E-state index in [2.05, 4.69) is 29.3 Å². The van der Waals surface area contributed by atoms with E-state index in [-0.39, 0.29) is 29.5 Å². The second-order valence-electron chi connectivity index (χ2n) is 8.49. The number of anilines is 1. The van der Waals surface area contributed by atoms with Crippen molar-refractivity contribution in [3.05, 3.63) is 86.8 Å². The first-order chi connectivity index (χ1) is 16.2. The van der Waals surface area contributed by atoms with Gasteiger partial charge in [-0.2, -0.15) is 4.98 Å². The van der Waals surface area contributed by atoms with Gasteiger partial charge >= 0.3 is 0 Å². The summed E-state index contributed by atoms with van der Waals surface area (Å²) < 4.78 is 6.82. The third-order valence-corrected chi connectivity index (χ3v) is 5.86. The van der Waals surface area contributed by atoms with Crippen LogP contribution in [0.3, 0.4) is 0 Å². The Balaban J connectivity index is 1.60. The number of pyridine rings is 1. The molecule has 34 heavy (non-hydrogen) atoms. The maximum atomic E-state index is 13.3. The summed E-state index contributed by atoms with van der Waals surface area (Å²) in [4.78, 5) is 30.5. The molecule has 4 rings (SSSR count). The average Bonchev–Trinajstić information content (AvgIpc) is 3.27. The van der Waals surface area contributed by atoms with Gasteiger partial charge in [-0.3, -0.25) is 9.59 Å². The predicted molar refractivity (Wildman–Crippen MR) is 133 cm³/mol. The molecule has 0 aliphatic rings. The fourth-order valence-electron chi connectivity index (χ4n) is 3.72. The van der Waals surface area contributed by atoms with Gasteiger partial charge in [-0.05, 0) is 73.4 Å². The maximum absolute atomic E-state index is 13.3. The van der Waals surface area contributed by atoms with E-state index in [9.17, 15) is 9.59 Å². The van der Waals surface area contributed by atoms with Gasteiger partial charge in [0.2, 0.25) is 11.7 Å². The van der Waals surface area contributed by atoms with Crippen LogP contribution in [0.25, 0.3) is 22.8 Å². The molecular formula is C26H25ClN4O3. The zero-order chi connectivity index (χ0) is 24.4. The number of amides is 1. The molecule has 0 unspecified atom stereocenters. The normalized spacial score (nSPS) is 11.1. The molecule has 0 atom stereocenters. The molecule has 0 aliphatic heterocycles. The number of nitrogens with one attached hydrogen (secondary N) is 1. The first kappa shape index (κ1) is 23.4. The maximum Gasteiger partial charge on any atom is 0.264 e. The average molecular weight is 477 g/mol. The summed E-state index contributed by atoms with van der Waals surface area (Å²) in [7, 11) is 0. The Morgan fingerprint density at radius 1 is 1.09 bits per heavy atom. The lowest BCUT2D eigenvalue weighted by molar-refractivity contribution is -0.116. The molecule has 0 bridgehead atoms. The van der Waals surface area contributed by atoms with Crippen LogP contribution in [0.4, 0.5) is 5.69 Å². The summed E-state index contributed by atoms with van der Waals surface area (Å²) in [5.74, 6) is 0.553. The van der Waals surface area contributed by atoms with Crippen molar-refractivity contribution >= 4 is 23.2 Å². The van der Waals surface area contributed by atoms with Crippen molar-refractivity contribution in [3.63, 3.8) is 0 Å². The number of carbonyl (C=O) groups is 1. The van der Waals surface area contributed by atoms with Gasteiger partial charge in [0.05, 0.1) is 0 Å². The molecule has 0 saturated carbocycles. The van der Waals surface area contributed by atoms with Crippen LogP contribution in [0, 0.1) is 13.8 Å². The molecule has 8 heteroatoms. The SMILES string of the molecule is Cc1cc(C)n(CC(=O)Nc2ccc(C(C)C)cc2)c(=O)c1-c1nc(-c2ccc(Cl)cc2)no1. The van der Waals surface area contributed by atoms with E-state index in [1.165, 1.54) is 10.1 Å². The molecular weight excluding hydrogens is 452 g/mol. The van der Waals surface area contributed by atoms with Crippen molar-refractivity contribution in [2.24, 2.45) is 0 Å². The highest BCUT2D eigenvalue weighted by Crippen LogP contribution is 2.24. The summed E-state index contributed by atoms with van der Waals surface area (Å²) >= 11 is 5.94. The smallest absolute Gasteiger partial charge is 0.264 e. The molecule has 2 aromatic heterocycles. The van der Waals surface area contributed by atoms with Crippen LogP contribution in [0.1, 0.15) is 36.6 Å². The summed E-state index contributed by atoms with van der Waals surface area (Å²) in [6.45, 7) is 7.67. The molecule has 0 aliphatic carbocycles. The van der Waals surface area contributed by atoms with E-state index in [0.717, 1.165) is 0 Å². The number of rotatable bonds is 6. The monoisotopic (exact) mass is 476 g/mol. The Morgan fingerprint density at radius 2 is 1.76 bits per heavy atom. The quantitative estimate of drug-likeness (QED) is 0.391. The molecule has 0 fully saturated rings. The van der Waals surface area contributed by atoms with Gasteiger partial charge in [-0.15, -0.1) is 0 Å². The number of hydrogen-bond donors (Lipinski definition) is 1. The predicted octanol–water partition coefficient (Wildman–Crippen LogP) is 5.60. The Labute approximate surface area is 202 Å². The first-order valence-electron chi connectivity index (χ1n) is 10.9. The molecule has 0 saturated heterocycles. The number of aryl methyl sites for hydroxylation is 2. The topological polar surface area (TPSA) is 90.0 Å². The molecule has 1 N–H and O–H groups in total. The van der Waals surface area contributed by atoms with Gasteiger partial charge in [0.15, 0.2) is 0 Å². The van der Waals surface area contributed by atoms with Crippen LogP contribution in [0.15, 0.2) is 63.9 Å². The van der Waals surface area contributed by atoms with Crippen LogP contribution >= 0.6 is 11.6 Å².